The molecule has 0 N–H and O–H groups in total. The van der Waals surface area contributed by atoms with E-state index in [-0.39, 0.29) is 0 Å². The Bertz CT molecular complexity index is 537. The predicted octanol–water partition coefficient (Wildman–Crippen LogP) is 3.37. The molecule has 3 rings (SSSR count). The van der Waals surface area contributed by atoms with Gasteiger partial charge in [0.1, 0.15) is 0 Å². The number of fused-ring (bicyclic) bond motifs is 1. The summed E-state index contributed by atoms with van der Waals surface area (Å²) in [5, 5.41) is 0. The lowest BCUT2D eigenvalue weighted by Crippen LogP contribution is -2.31. The van der Waals surface area contributed by atoms with Crippen LogP contribution in [-0.2, 0) is 13.0 Å². The molecule has 0 atom stereocenters. The molecule has 0 saturated carbocycles. The van der Waals surface area contributed by atoms with E-state index in [1.54, 1.807) is 0 Å². The summed E-state index contributed by atoms with van der Waals surface area (Å²) in [6.45, 7) is 7.92. The van der Waals surface area contributed by atoms with Gasteiger partial charge in [-0.05, 0) is 30.5 Å². The zero-order valence-electron chi connectivity index (χ0n) is 11.9. The van der Waals surface area contributed by atoms with E-state index in [0.717, 1.165) is 31.2 Å². The van der Waals surface area contributed by atoms with Crippen LogP contribution in [0.5, 0.6) is 0 Å². The van der Waals surface area contributed by atoms with Gasteiger partial charge in [0.05, 0.1) is 0 Å². The molecule has 0 radical (unpaired) electrons. The second kappa shape index (κ2) is 6.32. The van der Waals surface area contributed by atoms with Crippen LogP contribution < -0.4 is 4.90 Å². The highest BCUT2D eigenvalue weighted by molar-refractivity contribution is 5.39. The van der Waals surface area contributed by atoms with Gasteiger partial charge in [-0.15, -0.1) is 0 Å². The molecule has 0 aliphatic carbocycles. The molecule has 3 nitrogen and oxygen atoms in total. The Labute approximate surface area is 115 Å². The highest BCUT2D eigenvalue weighted by atomic mass is 15.2. The molecule has 0 amide bonds. The van der Waals surface area contributed by atoms with Crippen molar-refractivity contribution in [1.82, 2.24) is 9.97 Å². The lowest BCUT2D eigenvalue weighted by Gasteiger charge is -2.28. The lowest BCUT2D eigenvalue weighted by atomic mass is 10.0. The summed E-state index contributed by atoms with van der Waals surface area (Å²) in [7, 11) is 0. The Morgan fingerprint density at radius 1 is 1.05 bits per heavy atom. The van der Waals surface area contributed by atoms with Crippen molar-refractivity contribution in [2.75, 3.05) is 11.4 Å². The van der Waals surface area contributed by atoms with Crippen LogP contribution in [0.2, 0.25) is 0 Å². The predicted molar refractivity (Wildman–Crippen MR) is 79.3 cm³/mol. The summed E-state index contributed by atoms with van der Waals surface area (Å²) in [6.07, 6.45) is 2.91. The summed E-state index contributed by atoms with van der Waals surface area (Å²) in [5.74, 6) is 0.847. The zero-order chi connectivity index (χ0) is 13.7. The molecular formula is C16H21N3. The first-order chi connectivity index (χ1) is 9.33. The van der Waals surface area contributed by atoms with Crippen LogP contribution in [0.15, 0.2) is 36.5 Å². The maximum atomic E-state index is 4.48. The van der Waals surface area contributed by atoms with E-state index in [1.165, 1.54) is 11.1 Å². The zero-order valence-corrected chi connectivity index (χ0v) is 11.9. The molecule has 2 aromatic rings. The fourth-order valence-electron chi connectivity index (χ4n) is 2.25. The molecule has 19 heavy (non-hydrogen) atoms. The third-order valence-electron chi connectivity index (χ3n) is 3.20. The molecule has 0 unspecified atom stereocenters. The summed E-state index contributed by atoms with van der Waals surface area (Å²) >= 11 is 0. The van der Waals surface area contributed by atoms with Gasteiger partial charge in [-0.3, -0.25) is 0 Å². The van der Waals surface area contributed by atoms with Crippen LogP contribution in [0.3, 0.4) is 0 Å². The standard InChI is InChI=1S/C14H15N3.C2H6/c1-11-6-8-15-14(16-11)17-9-7-12-4-2-3-5-13(12)10-17;1-2/h2-6,8H,7,9-10H2,1H3;1-2H3. The Kier molecular flexibility index (Phi) is 4.50. The molecule has 0 fully saturated rings. The van der Waals surface area contributed by atoms with Crippen molar-refractivity contribution in [2.45, 2.75) is 33.7 Å². The molecule has 1 aliphatic heterocycles. The van der Waals surface area contributed by atoms with Crippen LogP contribution in [0, 0.1) is 6.92 Å². The minimum absolute atomic E-state index is 0.847. The number of hydrogen-bond acceptors (Lipinski definition) is 3. The van der Waals surface area contributed by atoms with Crippen LogP contribution in [0.4, 0.5) is 5.95 Å². The molecule has 2 heterocycles. The average molecular weight is 255 g/mol. The second-order valence-electron chi connectivity index (χ2n) is 4.44. The Hall–Kier alpha value is -1.90. The molecule has 100 valence electrons. The van der Waals surface area contributed by atoms with Crippen LogP contribution >= 0.6 is 0 Å². The van der Waals surface area contributed by atoms with E-state index in [4.69, 9.17) is 0 Å². The van der Waals surface area contributed by atoms with Crippen LogP contribution in [0.1, 0.15) is 30.7 Å². The van der Waals surface area contributed by atoms with Gasteiger partial charge in [0.15, 0.2) is 0 Å². The van der Waals surface area contributed by atoms with Crippen LogP contribution in [-0.4, -0.2) is 16.5 Å². The van der Waals surface area contributed by atoms with Crippen molar-refractivity contribution >= 4 is 5.95 Å². The molecular weight excluding hydrogens is 234 g/mol. The van der Waals surface area contributed by atoms with E-state index < -0.39 is 0 Å². The van der Waals surface area contributed by atoms with Crippen molar-refractivity contribution in [2.24, 2.45) is 0 Å². The van der Waals surface area contributed by atoms with Gasteiger partial charge < -0.3 is 4.90 Å². The first kappa shape index (κ1) is 13.5. The van der Waals surface area contributed by atoms with Gasteiger partial charge in [-0.1, -0.05) is 38.1 Å². The largest absolute Gasteiger partial charge is 0.336 e. The van der Waals surface area contributed by atoms with Crippen molar-refractivity contribution in [3.05, 3.63) is 53.3 Å². The maximum Gasteiger partial charge on any atom is 0.225 e. The van der Waals surface area contributed by atoms with E-state index >= 15 is 0 Å². The van der Waals surface area contributed by atoms with Crippen molar-refractivity contribution in [1.29, 1.82) is 0 Å². The van der Waals surface area contributed by atoms with E-state index in [2.05, 4.69) is 39.1 Å². The van der Waals surface area contributed by atoms with Crippen molar-refractivity contribution in [3.8, 4) is 0 Å². The summed E-state index contributed by atoms with van der Waals surface area (Å²) < 4.78 is 0. The van der Waals surface area contributed by atoms with Gasteiger partial charge in [-0.2, -0.15) is 0 Å². The third kappa shape index (κ3) is 3.11. The number of aryl methyl sites for hydroxylation is 1. The molecule has 0 spiro atoms. The number of benzene rings is 1. The average Bonchev–Trinajstić information content (AvgIpc) is 2.49. The quantitative estimate of drug-likeness (QED) is 0.782. The fraction of sp³-hybridized carbons (Fsp3) is 0.375. The normalized spacial score (nSPS) is 13.3. The Balaban J connectivity index is 0.000000637. The number of anilines is 1. The van der Waals surface area contributed by atoms with Gasteiger partial charge in [-0.25, -0.2) is 9.97 Å². The Morgan fingerprint density at radius 3 is 2.53 bits per heavy atom. The highest BCUT2D eigenvalue weighted by Crippen LogP contribution is 2.21. The first-order valence-corrected chi connectivity index (χ1v) is 6.94. The number of aromatic nitrogens is 2. The highest BCUT2D eigenvalue weighted by Gasteiger charge is 2.17. The summed E-state index contributed by atoms with van der Waals surface area (Å²) in [6, 6.07) is 10.5. The summed E-state index contributed by atoms with van der Waals surface area (Å²) in [5.41, 5.74) is 3.87. The molecule has 3 heteroatoms. The molecule has 0 saturated heterocycles. The second-order valence-corrected chi connectivity index (χ2v) is 4.44. The van der Waals surface area contributed by atoms with Gasteiger partial charge >= 0.3 is 0 Å². The van der Waals surface area contributed by atoms with Gasteiger partial charge in [0.2, 0.25) is 5.95 Å². The lowest BCUT2D eigenvalue weighted by molar-refractivity contribution is 0.706. The van der Waals surface area contributed by atoms with E-state index in [1.807, 2.05) is 33.0 Å². The van der Waals surface area contributed by atoms with Crippen LogP contribution in [0.25, 0.3) is 0 Å². The molecule has 1 aromatic heterocycles. The van der Waals surface area contributed by atoms with E-state index in [9.17, 15) is 0 Å². The molecule has 0 bridgehead atoms. The minimum Gasteiger partial charge on any atom is -0.336 e. The topological polar surface area (TPSA) is 29.0 Å². The number of nitrogens with zero attached hydrogens (tertiary/aromatic N) is 3. The van der Waals surface area contributed by atoms with Crippen molar-refractivity contribution < 1.29 is 0 Å². The van der Waals surface area contributed by atoms with Crippen molar-refractivity contribution in [3.63, 3.8) is 0 Å². The number of rotatable bonds is 1. The Morgan fingerprint density at radius 2 is 1.79 bits per heavy atom. The SMILES string of the molecule is CC.Cc1ccnc(N2CCc3ccccc3C2)n1. The minimum atomic E-state index is 0.847. The monoisotopic (exact) mass is 255 g/mol. The smallest absolute Gasteiger partial charge is 0.225 e. The summed E-state index contributed by atoms with van der Waals surface area (Å²) in [4.78, 5) is 11.1. The van der Waals surface area contributed by atoms with E-state index in [0.29, 0.717) is 0 Å². The first-order valence-electron chi connectivity index (χ1n) is 6.94. The fourth-order valence-corrected chi connectivity index (χ4v) is 2.25. The third-order valence-corrected chi connectivity index (χ3v) is 3.20. The van der Waals surface area contributed by atoms with Gasteiger partial charge in [0.25, 0.3) is 0 Å². The molecule has 1 aliphatic rings. The van der Waals surface area contributed by atoms with Gasteiger partial charge in [0, 0.05) is 25.0 Å². The maximum absolute atomic E-state index is 4.48. The number of hydrogen-bond donors (Lipinski definition) is 0. The molecule has 1 aromatic carbocycles.